The van der Waals surface area contributed by atoms with E-state index in [1.54, 1.807) is 30.1 Å². The molecule has 0 atom stereocenters. The number of hydrogen-bond acceptors (Lipinski definition) is 4. The van der Waals surface area contributed by atoms with E-state index >= 15 is 0 Å². The van der Waals surface area contributed by atoms with Crippen LogP contribution in [0.3, 0.4) is 0 Å². The smallest absolute Gasteiger partial charge is 0.261 e. The number of benzene rings is 3. The Morgan fingerprint density at radius 1 is 0.914 bits per heavy atom. The Labute approximate surface area is 206 Å². The van der Waals surface area contributed by atoms with Gasteiger partial charge in [-0.25, -0.2) is 8.42 Å². The van der Waals surface area contributed by atoms with Gasteiger partial charge in [0.2, 0.25) is 5.91 Å². The number of sulfonamides is 1. The summed E-state index contributed by atoms with van der Waals surface area (Å²) < 4.78 is 28.2. The van der Waals surface area contributed by atoms with Crippen LogP contribution in [0.15, 0.2) is 71.6 Å². The Balaban J connectivity index is 1.32. The van der Waals surface area contributed by atoms with Crippen molar-refractivity contribution in [3.05, 3.63) is 72.3 Å². The van der Waals surface area contributed by atoms with Crippen LogP contribution in [-0.2, 0) is 14.8 Å². The van der Waals surface area contributed by atoms with Gasteiger partial charge in [0.05, 0.1) is 11.4 Å². The normalized spacial score (nSPS) is 14.4. The molecule has 7 nitrogen and oxygen atoms in total. The Morgan fingerprint density at radius 2 is 1.60 bits per heavy atom. The fourth-order valence-corrected chi connectivity index (χ4v) is 5.58. The lowest BCUT2D eigenvalue weighted by Gasteiger charge is -2.27. The van der Waals surface area contributed by atoms with Crippen LogP contribution in [0.25, 0.3) is 10.8 Å². The van der Waals surface area contributed by atoms with Gasteiger partial charge in [0.1, 0.15) is 0 Å². The Kier molecular flexibility index (Phi) is 7.70. The van der Waals surface area contributed by atoms with Crippen molar-refractivity contribution in [2.45, 2.75) is 37.0 Å². The first-order valence-electron chi connectivity index (χ1n) is 12.0. The van der Waals surface area contributed by atoms with Crippen LogP contribution in [0.1, 0.15) is 42.5 Å². The quantitative estimate of drug-likeness (QED) is 0.486. The summed E-state index contributed by atoms with van der Waals surface area (Å²) in [6, 6.07) is 18.6. The predicted octanol–water partition coefficient (Wildman–Crippen LogP) is 4.41. The molecule has 0 heterocycles. The highest BCUT2D eigenvalue weighted by molar-refractivity contribution is 7.92. The molecule has 3 aromatic rings. The summed E-state index contributed by atoms with van der Waals surface area (Å²) in [5.41, 5.74) is 0.694. The summed E-state index contributed by atoms with van der Waals surface area (Å²) in [5, 5.41) is 4.45. The molecule has 0 aromatic heterocycles. The van der Waals surface area contributed by atoms with E-state index in [1.165, 1.54) is 43.5 Å². The van der Waals surface area contributed by atoms with Crippen LogP contribution >= 0.6 is 0 Å². The molecule has 35 heavy (non-hydrogen) atoms. The Hall–Kier alpha value is -3.39. The number of rotatable bonds is 8. The van der Waals surface area contributed by atoms with Gasteiger partial charge in [-0.15, -0.1) is 0 Å². The molecule has 3 aromatic carbocycles. The van der Waals surface area contributed by atoms with Crippen LogP contribution in [0.5, 0.6) is 0 Å². The number of hydrogen-bond donors (Lipinski definition) is 2. The van der Waals surface area contributed by atoms with Crippen LogP contribution < -0.4 is 10.0 Å². The highest BCUT2D eigenvalue weighted by atomic mass is 32.2. The standard InChI is InChI=1S/C27H31N3O4S/c1-30(19-20-7-3-2-4-8-20)26(31)18-28-27(32)22-11-14-24(15-12-22)29-35(33,34)25-16-13-21-9-5-6-10-23(21)17-25/h5-6,9-17,20,29H,2-4,7-8,18-19H2,1H3,(H,28,32). The lowest BCUT2D eigenvalue weighted by molar-refractivity contribution is -0.129. The van der Waals surface area contributed by atoms with Crippen molar-refractivity contribution in [1.29, 1.82) is 0 Å². The number of anilines is 1. The van der Waals surface area contributed by atoms with Gasteiger partial charge in [-0.1, -0.05) is 49.6 Å². The number of nitrogens with one attached hydrogen (secondary N) is 2. The molecule has 0 radical (unpaired) electrons. The number of carbonyl (C=O) groups is 2. The summed E-state index contributed by atoms with van der Waals surface area (Å²) in [6.45, 7) is 0.652. The molecule has 2 N–H and O–H groups in total. The first-order chi connectivity index (χ1) is 16.8. The molecular weight excluding hydrogens is 462 g/mol. The number of likely N-dealkylation sites (N-methyl/N-ethyl adjacent to an activating group) is 1. The second-order valence-corrected chi connectivity index (χ2v) is 10.8. The maximum atomic E-state index is 12.8. The van der Waals surface area contributed by atoms with Crippen molar-refractivity contribution >= 4 is 38.3 Å². The first kappa shape index (κ1) is 24.7. The zero-order valence-electron chi connectivity index (χ0n) is 19.9. The molecule has 2 amide bonds. The fourth-order valence-electron chi connectivity index (χ4n) is 4.49. The highest BCUT2D eigenvalue weighted by Gasteiger charge is 2.19. The van der Waals surface area contributed by atoms with E-state index in [-0.39, 0.29) is 23.3 Å². The molecule has 0 bridgehead atoms. The van der Waals surface area contributed by atoms with Gasteiger partial charge in [0, 0.05) is 24.8 Å². The van der Waals surface area contributed by atoms with Crippen molar-refractivity contribution in [3.63, 3.8) is 0 Å². The molecule has 1 saturated carbocycles. The monoisotopic (exact) mass is 493 g/mol. The topological polar surface area (TPSA) is 95.6 Å². The van der Waals surface area contributed by atoms with Crippen molar-refractivity contribution in [3.8, 4) is 0 Å². The van der Waals surface area contributed by atoms with Crippen LogP contribution in [-0.4, -0.2) is 45.3 Å². The van der Waals surface area contributed by atoms with Crippen LogP contribution in [0.2, 0.25) is 0 Å². The molecule has 1 aliphatic carbocycles. The third kappa shape index (κ3) is 6.39. The van der Waals surface area contributed by atoms with Crippen LogP contribution in [0, 0.1) is 5.92 Å². The number of fused-ring (bicyclic) bond motifs is 1. The van der Waals surface area contributed by atoms with Gasteiger partial charge in [-0.3, -0.25) is 14.3 Å². The molecule has 8 heteroatoms. The van der Waals surface area contributed by atoms with E-state index in [2.05, 4.69) is 10.0 Å². The summed E-state index contributed by atoms with van der Waals surface area (Å²) >= 11 is 0. The third-order valence-electron chi connectivity index (χ3n) is 6.51. The molecule has 1 fully saturated rings. The summed E-state index contributed by atoms with van der Waals surface area (Å²) in [5.74, 6) is 0.0383. The Morgan fingerprint density at radius 3 is 2.31 bits per heavy atom. The average Bonchev–Trinajstić information content (AvgIpc) is 2.87. The summed E-state index contributed by atoms with van der Waals surface area (Å²) in [4.78, 5) is 26.8. The van der Waals surface area contributed by atoms with Gasteiger partial charge < -0.3 is 10.2 Å². The second kappa shape index (κ2) is 10.9. The molecule has 4 rings (SSSR count). The van der Waals surface area contributed by atoms with E-state index in [1.807, 2.05) is 24.3 Å². The maximum Gasteiger partial charge on any atom is 0.261 e. The van der Waals surface area contributed by atoms with E-state index in [4.69, 9.17) is 0 Å². The Bertz CT molecular complexity index is 1300. The third-order valence-corrected chi connectivity index (χ3v) is 7.89. The highest BCUT2D eigenvalue weighted by Crippen LogP contribution is 2.24. The van der Waals surface area contributed by atoms with Gasteiger partial charge in [-0.2, -0.15) is 0 Å². The van der Waals surface area contributed by atoms with Gasteiger partial charge in [-0.05, 0) is 65.9 Å². The van der Waals surface area contributed by atoms with Crippen molar-refractivity contribution in [1.82, 2.24) is 10.2 Å². The zero-order valence-corrected chi connectivity index (χ0v) is 20.7. The average molecular weight is 494 g/mol. The lowest BCUT2D eigenvalue weighted by Crippen LogP contribution is -2.40. The molecule has 0 unspecified atom stereocenters. The summed E-state index contributed by atoms with van der Waals surface area (Å²) in [7, 11) is -2.00. The zero-order chi connectivity index (χ0) is 24.8. The van der Waals surface area contributed by atoms with Gasteiger partial charge in [0.25, 0.3) is 15.9 Å². The van der Waals surface area contributed by atoms with E-state index in [0.717, 1.165) is 30.2 Å². The van der Waals surface area contributed by atoms with Gasteiger partial charge >= 0.3 is 0 Å². The summed E-state index contributed by atoms with van der Waals surface area (Å²) in [6.07, 6.45) is 6.02. The molecule has 0 spiro atoms. The lowest BCUT2D eigenvalue weighted by atomic mass is 9.89. The maximum absolute atomic E-state index is 12.8. The number of amides is 2. The number of nitrogens with zero attached hydrogens (tertiary/aromatic N) is 1. The van der Waals surface area contributed by atoms with E-state index in [9.17, 15) is 18.0 Å². The minimum atomic E-state index is -3.78. The number of carbonyl (C=O) groups excluding carboxylic acids is 2. The minimum Gasteiger partial charge on any atom is -0.344 e. The molecular formula is C27H31N3O4S. The van der Waals surface area contributed by atoms with Crippen LogP contribution in [0.4, 0.5) is 5.69 Å². The molecule has 184 valence electrons. The van der Waals surface area contributed by atoms with Crippen molar-refractivity contribution in [2.24, 2.45) is 5.92 Å². The van der Waals surface area contributed by atoms with Crippen molar-refractivity contribution in [2.75, 3.05) is 24.9 Å². The minimum absolute atomic E-state index is 0.0710. The van der Waals surface area contributed by atoms with E-state index in [0.29, 0.717) is 17.2 Å². The van der Waals surface area contributed by atoms with E-state index < -0.39 is 10.0 Å². The molecule has 0 saturated heterocycles. The molecule has 0 aliphatic heterocycles. The first-order valence-corrected chi connectivity index (χ1v) is 13.4. The van der Waals surface area contributed by atoms with Gasteiger partial charge in [0.15, 0.2) is 0 Å². The second-order valence-electron chi connectivity index (χ2n) is 9.15. The molecule has 1 aliphatic rings. The fraction of sp³-hybridized carbons (Fsp3) is 0.333. The largest absolute Gasteiger partial charge is 0.344 e. The predicted molar refractivity (Wildman–Crippen MR) is 138 cm³/mol. The SMILES string of the molecule is CN(CC1CCCCC1)C(=O)CNC(=O)c1ccc(NS(=O)(=O)c2ccc3ccccc3c2)cc1. The van der Waals surface area contributed by atoms with Crippen molar-refractivity contribution < 1.29 is 18.0 Å².